The summed E-state index contributed by atoms with van der Waals surface area (Å²) >= 11 is 0. The van der Waals surface area contributed by atoms with Gasteiger partial charge < -0.3 is 19.5 Å². The van der Waals surface area contributed by atoms with Crippen molar-refractivity contribution in [2.24, 2.45) is 5.92 Å². The lowest BCUT2D eigenvalue weighted by Gasteiger charge is -2.26. The van der Waals surface area contributed by atoms with Crippen molar-refractivity contribution in [1.82, 2.24) is 5.32 Å². The Morgan fingerprint density at radius 3 is 2.79 bits per heavy atom. The van der Waals surface area contributed by atoms with Crippen molar-refractivity contribution in [3.8, 4) is 0 Å². The van der Waals surface area contributed by atoms with Crippen molar-refractivity contribution in [2.75, 3.05) is 46.1 Å². The SMILES string of the molecule is C(COC1COC1)NCC1CCOC1. The maximum absolute atomic E-state index is 5.52. The van der Waals surface area contributed by atoms with E-state index in [-0.39, 0.29) is 0 Å². The fraction of sp³-hybridized carbons (Fsp3) is 1.00. The van der Waals surface area contributed by atoms with Gasteiger partial charge in [-0.2, -0.15) is 0 Å². The first-order chi connectivity index (χ1) is 6.95. The zero-order chi connectivity index (χ0) is 9.64. The van der Waals surface area contributed by atoms with E-state index in [1.165, 1.54) is 6.42 Å². The lowest BCUT2D eigenvalue weighted by molar-refractivity contribution is -0.128. The van der Waals surface area contributed by atoms with Gasteiger partial charge in [-0.3, -0.25) is 0 Å². The number of ether oxygens (including phenoxy) is 3. The third-order valence-corrected chi connectivity index (χ3v) is 2.70. The highest BCUT2D eigenvalue weighted by atomic mass is 16.6. The molecule has 0 aliphatic carbocycles. The molecule has 0 aromatic heterocycles. The van der Waals surface area contributed by atoms with Crippen molar-refractivity contribution >= 4 is 0 Å². The van der Waals surface area contributed by atoms with Crippen LogP contribution in [0, 0.1) is 5.92 Å². The summed E-state index contributed by atoms with van der Waals surface area (Å²) in [7, 11) is 0. The number of rotatable bonds is 6. The Kier molecular flexibility index (Phi) is 4.19. The lowest BCUT2D eigenvalue weighted by Crippen LogP contribution is -2.38. The summed E-state index contributed by atoms with van der Waals surface area (Å²) in [6, 6.07) is 0. The molecule has 2 fully saturated rings. The predicted octanol–water partition coefficient (Wildman–Crippen LogP) is 0.0279. The average molecular weight is 201 g/mol. The summed E-state index contributed by atoms with van der Waals surface area (Å²) in [5, 5.41) is 3.39. The van der Waals surface area contributed by atoms with Crippen LogP contribution in [0.4, 0.5) is 0 Å². The molecule has 0 bridgehead atoms. The molecule has 2 aliphatic heterocycles. The molecule has 0 radical (unpaired) electrons. The van der Waals surface area contributed by atoms with Crippen LogP contribution in [0.5, 0.6) is 0 Å². The standard InChI is InChI=1S/C10H19NO3/c1-3-12-6-9(1)5-11-2-4-14-10-7-13-8-10/h9-11H,1-8H2. The Morgan fingerprint density at radius 2 is 2.14 bits per heavy atom. The Balaban J connectivity index is 1.39. The molecule has 14 heavy (non-hydrogen) atoms. The van der Waals surface area contributed by atoms with Gasteiger partial charge in [-0.25, -0.2) is 0 Å². The maximum atomic E-state index is 5.52. The largest absolute Gasteiger partial charge is 0.381 e. The van der Waals surface area contributed by atoms with E-state index in [9.17, 15) is 0 Å². The van der Waals surface area contributed by atoms with Gasteiger partial charge in [0.25, 0.3) is 0 Å². The average Bonchev–Trinajstić information content (AvgIpc) is 2.60. The van der Waals surface area contributed by atoms with Crippen LogP contribution in [0.2, 0.25) is 0 Å². The minimum atomic E-state index is 0.353. The van der Waals surface area contributed by atoms with Gasteiger partial charge in [-0.1, -0.05) is 0 Å². The predicted molar refractivity (Wildman–Crippen MR) is 52.4 cm³/mol. The molecule has 0 saturated carbocycles. The second-order valence-electron chi connectivity index (χ2n) is 3.96. The molecule has 2 heterocycles. The van der Waals surface area contributed by atoms with Gasteiger partial charge in [0.15, 0.2) is 0 Å². The molecule has 1 N–H and O–H groups in total. The molecular formula is C10H19NO3. The van der Waals surface area contributed by atoms with Crippen LogP contribution in [0.3, 0.4) is 0 Å². The molecule has 2 saturated heterocycles. The normalized spacial score (nSPS) is 27.9. The third-order valence-electron chi connectivity index (χ3n) is 2.70. The molecule has 0 aromatic carbocycles. The highest BCUT2D eigenvalue weighted by Gasteiger charge is 2.18. The lowest BCUT2D eigenvalue weighted by atomic mass is 10.1. The summed E-state index contributed by atoms with van der Waals surface area (Å²) in [6.45, 7) is 6.19. The van der Waals surface area contributed by atoms with Crippen LogP contribution >= 0.6 is 0 Å². The van der Waals surface area contributed by atoms with Crippen molar-refractivity contribution < 1.29 is 14.2 Å². The quantitative estimate of drug-likeness (QED) is 0.615. The minimum absolute atomic E-state index is 0.353. The van der Waals surface area contributed by atoms with E-state index in [1.807, 2.05) is 0 Å². The molecule has 82 valence electrons. The van der Waals surface area contributed by atoms with Gasteiger partial charge in [0.2, 0.25) is 0 Å². The Labute approximate surface area is 84.9 Å². The fourth-order valence-corrected chi connectivity index (χ4v) is 1.66. The summed E-state index contributed by atoms with van der Waals surface area (Å²) in [6.07, 6.45) is 1.55. The molecule has 2 aliphatic rings. The van der Waals surface area contributed by atoms with Crippen LogP contribution in [-0.2, 0) is 14.2 Å². The Hall–Kier alpha value is -0.160. The van der Waals surface area contributed by atoms with Gasteiger partial charge in [0.05, 0.1) is 26.4 Å². The van der Waals surface area contributed by atoms with Crippen molar-refractivity contribution in [1.29, 1.82) is 0 Å². The summed E-state index contributed by atoms with van der Waals surface area (Å²) in [5.41, 5.74) is 0. The molecule has 4 nitrogen and oxygen atoms in total. The first-order valence-electron chi connectivity index (χ1n) is 5.43. The monoisotopic (exact) mass is 201 g/mol. The zero-order valence-corrected chi connectivity index (χ0v) is 8.54. The van der Waals surface area contributed by atoms with E-state index in [4.69, 9.17) is 14.2 Å². The maximum Gasteiger partial charge on any atom is 0.104 e. The Bertz CT molecular complexity index is 155. The first kappa shape index (κ1) is 10.4. The molecule has 0 amide bonds. The zero-order valence-electron chi connectivity index (χ0n) is 8.54. The van der Waals surface area contributed by atoms with E-state index >= 15 is 0 Å². The van der Waals surface area contributed by atoms with Crippen LogP contribution < -0.4 is 5.32 Å². The van der Waals surface area contributed by atoms with Crippen LogP contribution in [0.25, 0.3) is 0 Å². The topological polar surface area (TPSA) is 39.7 Å². The van der Waals surface area contributed by atoms with Gasteiger partial charge in [0, 0.05) is 19.7 Å². The molecule has 1 unspecified atom stereocenters. The molecule has 0 aromatic rings. The molecule has 4 heteroatoms. The second-order valence-corrected chi connectivity index (χ2v) is 3.96. The van der Waals surface area contributed by atoms with Crippen LogP contribution in [-0.4, -0.2) is 52.2 Å². The number of hydrogen-bond acceptors (Lipinski definition) is 4. The minimum Gasteiger partial charge on any atom is -0.381 e. The summed E-state index contributed by atoms with van der Waals surface area (Å²) in [5.74, 6) is 0.710. The highest BCUT2D eigenvalue weighted by molar-refractivity contribution is 4.67. The summed E-state index contributed by atoms with van der Waals surface area (Å²) < 4.78 is 15.8. The highest BCUT2D eigenvalue weighted by Crippen LogP contribution is 2.10. The van der Waals surface area contributed by atoms with E-state index < -0.39 is 0 Å². The van der Waals surface area contributed by atoms with Crippen LogP contribution in [0.15, 0.2) is 0 Å². The van der Waals surface area contributed by atoms with Gasteiger partial charge >= 0.3 is 0 Å². The fourth-order valence-electron chi connectivity index (χ4n) is 1.66. The van der Waals surface area contributed by atoms with E-state index in [2.05, 4.69) is 5.32 Å². The molecule has 0 spiro atoms. The molecule has 1 atom stereocenters. The third kappa shape index (κ3) is 3.20. The molecule has 2 rings (SSSR count). The van der Waals surface area contributed by atoms with Crippen molar-refractivity contribution in [2.45, 2.75) is 12.5 Å². The van der Waals surface area contributed by atoms with Gasteiger partial charge in [-0.15, -0.1) is 0 Å². The first-order valence-corrected chi connectivity index (χ1v) is 5.43. The van der Waals surface area contributed by atoms with Gasteiger partial charge in [0.1, 0.15) is 6.10 Å². The van der Waals surface area contributed by atoms with Crippen molar-refractivity contribution in [3.05, 3.63) is 0 Å². The smallest absolute Gasteiger partial charge is 0.104 e. The molecular weight excluding hydrogens is 182 g/mol. The van der Waals surface area contributed by atoms with E-state index in [1.54, 1.807) is 0 Å². The number of hydrogen-bond donors (Lipinski definition) is 1. The van der Waals surface area contributed by atoms with Gasteiger partial charge in [-0.05, 0) is 12.3 Å². The van der Waals surface area contributed by atoms with Crippen LogP contribution in [0.1, 0.15) is 6.42 Å². The van der Waals surface area contributed by atoms with E-state index in [0.29, 0.717) is 12.0 Å². The second kappa shape index (κ2) is 5.66. The van der Waals surface area contributed by atoms with Crippen molar-refractivity contribution in [3.63, 3.8) is 0 Å². The Morgan fingerprint density at radius 1 is 1.21 bits per heavy atom. The summed E-state index contributed by atoms with van der Waals surface area (Å²) in [4.78, 5) is 0. The number of nitrogens with one attached hydrogen (secondary N) is 1. The van der Waals surface area contributed by atoms with E-state index in [0.717, 1.165) is 46.1 Å².